The molecule has 0 aliphatic carbocycles. The van der Waals surface area contributed by atoms with E-state index in [2.05, 4.69) is 0 Å². The highest BCUT2D eigenvalue weighted by Gasteiger charge is 2.19. The summed E-state index contributed by atoms with van der Waals surface area (Å²) in [4.78, 5) is 4.77. The SMILES string of the molecule is Cn1c(-c2ccc(F)c(F)c2)nc(-c2ccccc2)c1-c1ccccc1. The fourth-order valence-corrected chi connectivity index (χ4v) is 3.12. The molecule has 3 aromatic carbocycles. The van der Waals surface area contributed by atoms with Gasteiger partial charge in [-0.25, -0.2) is 13.8 Å². The molecule has 0 radical (unpaired) electrons. The summed E-state index contributed by atoms with van der Waals surface area (Å²) in [6.45, 7) is 0. The molecule has 4 aromatic rings. The molecule has 0 aliphatic rings. The predicted molar refractivity (Wildman–Crippen MR) is 99.4 cm³/mol. The molecule has 4 heteroatoms. The topological polar surface area (TPSA) is 17.8 Å². The van der Waals surface area contributed by atoms with E-state index in [0.29, 0.717) is 11.4 Å². The molecule has 1 aromatic heterocycles. The minimum Gasteiger partial charge on any atom is -0.327 e. The van der Waals surface area contributed by atoms with Gasteiger partial charge in [-0.05, 0) is 18.2 Å². The van der Waals surface area contributed by atoms with Crippen molar-refractivity contribution in [3.8, 4) is 33.9 Å². The molecule has 26 heavy (non-hydrogen) atoms. The Bertz CT molecular complexity index is 1050. The zero-order valence-corrected chi connectivity index (χ0v) is 14.2. The van der Waals surface area contributed by atoms with Gasteiger partial charge in [-0.15, -0.1) is 0 Å². The average Bonchev–Trinajstić information content (AvgIpc) is 3.03. The van der Waals surface area contributed by atoms with Crippen LogP contribution in [-0.4, -0.2) is 9.55 Å². The van der Waals surface area contributed by atoms with Crippen LogP contribution in [0.5, 0.6) is 0 Å². The minimum absolute atomic E-state index is 0.533. The van der Waals surface area contributed by atoms with Crippen molar-refractivity contribution in [1.82, 2.24) is 9.55 Å². The first-order valence-corrected chi connectivity index (χ1v) is 8.28. The lowest BCUT2D eigenvalue weighted by molar-refractivity contribution is 0.509. The molecule has 2 nitrogen and oxygen atoms in total. The van der Waals surface area contributed by atoms with Gasteiger partial charge in [0.15, 0.2) is 11.6 Å². The van der Waals surface area contributed by atoms with Gasteiger partial charge in [0.05, 0.1) is 11.4 Å². The van der Waals surface area contributed by atoms with Gasteiger partial charge in [-0.3, -0.25) is 0 Å². The molecule has 0 saturated carbocycles. The summed E-state index contributed by atoms with van der Waals surface area (Å²) in [5, 5.41) is 0. The Balaban J connectivity index is 1.98. The molecule has 4 rings (SSSR count). The molecule has 0 aliphatic heterocycles. The molecule has 0 N–H and O–H groups in total. The Morgan fingerprint density at radius 1 is 0.692 bits per heavy atom. The maximum absolute atomic E-state index is 13.7. The summed E-state index contributed by atoms with van der Waals surface area (Å²) >= 11 is 0. The molecule has 0 bridgehead atoms. The quantitative estimate of drug-likeness (QED) is 0.465. The molecule has 0 fully saturated rings. The Morgan fingerprint density at radius 3 is 1.92 bits per heavy atom. The number of hydrogen-bond donors (Lipinski definition) is 0. The maximum atomic E-state index is 13.7. The van der Waals surface area contributed by atoms with Crippen molar-refractivity contribution in [2.45, 2.75) is 0 Å². The first-order valence-electron chi connectivity index (χ1n) is 8.28. The fraction of sp³-hybridized carbons (Fsp3) is 0.0455. The van der Waals surface area contributed by atoms with Gasteiger partial charge < -0.3 is 4.57 Å². The van der Waals surface area contributed by atoms with E-state index in [4.69, 9.17) is 4.98 Å². The van der Waals surface area contributed by atoms with E-state index in [1.165, 1.54) is 6.07 Å². The van der Waals surface area contributed by atoms with Crippen molar-refractivity contribution in [3.63, 3.8) is 0 Å². The van der Waals surface area contributed by atoms with Crippen LogP contribution in [0.4, 0.5) is 8.78 Å². The third-order valence-electron chi connectivity index (χ3n) is 4.37. The van der Waals surface area contributed by atoms with Gasteiger partial charge in [0.2, 0.25) is 0 Å². The van der Waals surface area contributed by atoms with Crippen LogP contribution in [0.3, 0.4) is 0 Å². The molecule has 128 valence electrons. The summed E-state index contributed by atoms with van der Waals surface area (Å²) in [6.07, 6.45) is 0. The number of imidazole rings is 1. The second kappa shape index (κ2) is 6.56. The van der Waals surface area contributed by atoms with E-state index in [0.717, 1.165) is 28.6 Å². The molecule has 0 unspecified atom stereocenters. The highest BCUT2D eigenvalue weighted by atomic mass is 19.2. The van der Waals surface area contributed by atoms with Gasteiger partial charge in [-0.1, -0.05) is 60.7 Å². The lowest BCUT2D eigenvalue weighted by Crippen LogP contribution is -1.96. The highest BCUT2D eigenvalue weighted by molar-refractivity contribution is 5.82. The lowest BCUT2D eigenvalue weighted by Gasteiger charge is -2.08. The van der Waals surface area contributed by atoms with Gasteiger partial charge in [0, 0.05) is 23.7 Å². The van der Waals surface area contributed by atoms with Crippen LogP contribution in [0.25, 0.3) is 33.9 Å². The van der Waals surface area contributed by atoms with Crippen molar-refractivity contribution in [2.75, 3.05) is 0 Å². The number of rotatable bonds is 3. The van der Waals surface area contributed by atoms with E-state index in [9.17, 15) is 8.78 Å². The number of aromatic nitrogens is 2. The first kappa shape index (κ1) is 16.2. The molecule has 0 saturated heterocycles. The van der Waals surface area contributed by atoms with Crippen molar-refractivity contribution >= 4 is 0 Å². The van der Waals surface area contributed by atoms with Gasteiger partial charge in [0.1, 0.15) is 5.82 Å². The molecular formula is C22H16F2N2. The number of halogens is 2. The second-order valence-electron chi connectivity index (χ2n) is 6.05. The molecule has 0 atom stereocenters. The first-order chi connectivity index (χ1) is 12.6. The Hall–Kier alpha value is -3.27. The minimum atomic E-state index is -0.881. The number of nitrogens with zero attached hydrogens (tertiary/aromatic N) is 2. The zero-order chi connectivity index (χ0) is 18.1. The summed E-state index contributed by atoms with van der Waals surface area (Å²) in [5.74, 6) is -1.16. The largest absolute Gasteiger partial charge is 0.327 e. The van der Waals surface area contributed by atoms with Crippen LogP contribution in [0, 0.1) is 11.6 Å². The van der Waals surface area contributed by atoms with E-state index in [1.807, 2.05) is 72.3 Å². The maximum Gasteiger partial charge on any atom is 0.159 e. The fourth-order valence-electron chi connectivity index (χ4n) is 3.12. The average molecular weight is 346 g/mol. The van der Waals surface area contributed by atoms with Gasteiger partial charge in [0.25, 0.3) is 0 Å². The van der Waals surface area contributed by atoms with Crippen molar-refractivity contribution in [3.05, 3.63) is 90.5 Å². The van der Waals surface area contributed by atoms with Crippen LogP contribution in [0.2, 0.25) is 0 Å². The number of hydrogen-bond acceptors (Lipinski definition) is 1. The summed E-state index contributed by atoms with van der Waals surface area (Å²) in [7, 11) is 1.89. The standard InChI is InChI=1S/C22H16F2N2/c1-26-21(16-10-6-3-7-11-16)20(15-8-4-2-5-9-15)25-22(26)17-12-13-18(23)19(24)14-17/h2-14H,1H3. The third kappa shape index (κ3) is 2.80. The number of benzene rings is 3. The van der Waals surface area contributed by atoms with Crippen LogP contribution in [0.1, 0.15) is 0 Å². The van der Waals surface area contributed by atoms with Crippen LogP contribution >= 0.6 is 0 Å². The highest BCUT2D eigenvalue weighted by Crippen LogP contribution is 2.35. The van der Waals surface area contributed by atoms with E-state index in [-0.39, 0.29) is 0 Å². The van der Waals surface area contributed by atoms with Gasteiger partial charge in [-0.2, -0.15) is 0 Å². The zero-order valence-electron chi connectivity index (χ0n) is 14.2. The van der Waals surface area contributed by atoms with Gasteiger partial charge >= 0.3 is 0 Å². The smallest absolute Gasteiger partial charge is 0.159 e. The Kier molecular flexibility index (Phi) is 4.09. The monoisotopic (exact) mass is 346 g/mol. The Labute approximate surface area is 150 Å². The van der Waals surface area contributed by atoms with Crippen molar-refractivity contribution in [2.24, 2.45) is 7.05 Å². The molecule has 0 spiro atoms. The summed E-state index contributed by atoms with van der Waals surface area (Å²) in [6, 6.07) is 23.6. The van der Waals surface area contributed by atoms with E-state index >= 15 is 0 Å². The van der Waals surface area contributed by atoms with Crippen molar-refractivity contribution in [1.29, 1.82) is 0 Å². The van der Waals surface area contributed by atoms with E-state index < -0.39 is 11.6 Å². The Morgan fingerprint density at radius 2 is 1.31 bits per heavy atom. The summed E-state index contributed by atoms with van der Waals surface area (Å²) in [5.41, 5.74) is 4.24. The van der Waals surface area contributed by atoms with Crippen LogP contribution in [-0.2, 0) is 7.05 Å². The molecule has 1 heterocycles. The van der Waals surface area contributed by atoms with Crippen LogP contribution in [0.15, 0.2) is 78.9 Å². The molecule has 0 amide bonds. The van der Waals surface area contributed by atoms with E-state index in [1.54, 1.807) is 6.07 Å². The lowest BCUT2D eigenvalue weighted by atomic mass is 10.1. The summed E-state index contributed by atoms with van der Waals surface area (Å²) < 4.78 is 29.0. The second-order valence-corrected chi connectivity index (χ2v) is 6.05. The normalized spacial score (nSPS) is 10.9. The predicted octanol–water partition coefficient (Wildman–Crippen LogP) is 5.70. The third-order valence-corrected chi connectivity index (χ3v) is 4.37. The van der Waals surface area contributed by atoms with Crippen molar-refractivity contribution < 1.29 is 8.78 Å². The van der Waals surface area contributed by atoms with Crippen LogP contribution < -0.4 is 0 Å². The molecular weight excluding hydrogens is 330 g/mol.